The van der Waals surface area contributed by atoms with Gasteiger partial charge in [0.05, 0.1) is 4.88 Å². The molecular weight excluding hydrogens is 330 g/mol. The first kappa shape index (κ1) is 18.7. The van der Waals surface area contributed by atoms with Gasteiger partial charge in [-0.2, -0.15) is 0 Å². The third-order valence-electron chi connectivity index (χ3n) is 4.64. The van der Waals surface area contributed by atoms with Crippen molar-refractivity contribution in [3.63, 3.8) is 0 Å². The SMILES string of the molecule is Cl.O=C(NCCN1CCNCC1)c1cc2c(s1)CCCCCC2. The van der Waals surface area contributed by atoms with Crippen LogP contribution in [0.1, 0.15) is 45.8 Å². The highest BCUT2D eigenvalue weighted by Crippen LogP contribution is 2.28. The molecule has 0 unspecified atom stereocenters. The molecule has 1 aromatic rings. The van der Waals surface area contributed by atoms with Gasteiger partial charge in [0.1, 0.15) is 0 Å². The molecule has 4 nitrogen and oxygen atoms in total. The molecule has 0 atom stereocenters. The minimum absolute atomic E-state index is 0. The Hall–Kier alpha value is -0.620. The molecule has 23 heavy (non-hydrogen) atoms. The van der Waals surface area contributed by atoms with Gasteiger partial charge in [0.2, 0.25) is 0 Å². The number of hydrogen-bond acceptors (Lipinski definition) is 4. The summed E-state index contributed by atoms with van der Waals surface area (Å²) in [5.41, 5.74) is 1.43. The highest BCUT2D eigenvalue weighted by atomic mass is 35.5. The van der Waals surface area contributed by atoms with E-state index in [9.17, 15) is 4.79 Å². The van der Waals surface area contributed by atoms with Crippen molar-refractivity contribution >= 4 is 29.7 Å². The molecule has 0 aromatic carbocycles. The van der Waals surface area contributed by atoms with Crippen molar-refractivity contribution in [2.45, 2.75) is 38.5 Å². The minimum Gasteiger partial charge on any atom is -0.350 e. The lowest BCUT2D eigenvalue weighted by atomic mass is 10.00. The predicted molar refractivity (Wildman–Crippen MR) is 99.1 cm³/mol. The molecule has 2 N–H and O–H groups in total. The van der Waals surface area contributed by atoms with Gasteiger partial charge in [0, 0.05) is 44.1 Å². The Labute approximate surface area is 149 Å². The first-order valence-electron chi connectivity index (χ1n) is 8.66. The van der Waals surface area contributed by atoms with Crippen molar-refractivity contribution in [1.82, 2.24) is 15.5 Å². The van der Waals surface area contributed by atoms with Crippen LogP contribution in [0.15, 0.2) is 6.07 Å². The fraction of sp³-hybridized carbons (Fsp3) is 0.706. The lowest BCUT2D eigenvalue weighted by Gasteiger charge is -2.27. The molecule has 1 saturated heterocycles. The van der Waals surface area contributed by atoms with Gasteiger partial charge in [-0.15, -0.1) is 23.7 Å². The van der Waals surface area contributed by atoms with Crippen LogP contribution in [-0.2, 0) is 12.8 Å². The number of amides is 1. The summed E-state index contributed by atoms with van der Waals surface area (Å²) in [6, 6.07) is 2.14. The Kier molecular flexibility index (Phi) is 7.83. The summed E-state index contributed by atoms with van der Waals surface area (Å²) in [5.74, 6) is 0.117. The van der Waals surface area contributed by atoms with Crippen molar-refractivity contribution in [2.75, 3.05) is 39.3 Å². The zero-order valence-electron chi connectivity index (χ0n) is 13.7. The van der Waals surface area contributed by atoms with Crippen LogP contribution in [0.4, 0.5) is 0 Å². The fourth-order valence-electron chi connectivity index (χ4n) is 3.31. The summed E-state index contributed by atoms with van der Waals surface area (Å²) < 4.78 is 0. The number of thiophene rings is 1. The molecule has 0 spiro atoms. The minimum atomic E-state index is 0. The molecule has 0 radical (unpaired) electrons. The lowest BCUT2D eigenvalue weighted by molar-refractivity contribution is 0.0951. The molecule has 0 saturated carbocycles. The summed E-state index contributed by atoms with van der Waals surface area (Å²) in [6.45, 7) is 6.00. The van der Waals surface area contributed by atoms with Crippen molar-refractivity contribution in [2.24, 2.45) is 0 Å². The van der Waals surface area contributed by atoms with Gasteiger partial charge in [-0.25, -0.2) is 0 Å². The number of nitrogens with one attached hydrogen (secondary N) is 2. The van der Waals surface area contributed by atoms with Crippen LogP contribution in [0.5, 0.6) is 0 Å². The molecule has 1 aliphatic carbocycles. The van der Waals surface area contributed by atoms with Crippen LogP contribution in [-0.4, -0.2) is 50.1 Å². The number of fused-ring (bicyclic) bond motifs is 1. The van der Waals surface area contributed by atoms with E-state index < -0.39 is 0 Å². The Morgan fingerprint density at radius 1 is 1.17 bits per heavy atom. The van der Waals surface area contributed by atoms with Gasteiger partial charge in [0.25, 0.3) is 5.91 Å². The van der Waals surface area contributed by atoms with Crippen LogP contribution in [0.25, 0.3) is 0 Å². The summed E-state index contributed by atoms with van der Waals surface area (Å²) in [7, 11) is 0. The van der Waals surface area contributed by atoms with Crippen LogP contribution in [0, 0.1) is 0 Å². The first-order valence-corrected chi connectivity index (χ1v) is 9.47. The Balaban J connectivity index is 0.00000192. The topological polar surface area (TPSA) is 44.4 Å². The summed E-state index contributed by atoms with van der Waals surface area (Å²) in [6.07, 6.45) is 7.53. The van der Waals surface area contributed by atoms with Crippen molar-refractivity contribution < 1.29 is 4.79 Å². The van der Waals surface area contributed by atoms with E-state index in [4.69, 9.17) is 0 Å². The molecule has 3 rings (SSSR count). The van der Waals surface area contributed by atoms with Gasteiger partial charge < -0.3 is 10.6 Å². The highest BCUT2D eigenvalue weighted by molar-refractivity contribution is 7.14. The van der Waals surface area contributed by atoms with E-state index in [0.29, 0.717) is 0 Å². The molecule has 1 aromatic heterocycles. The average molecular weight is 358 g/mol. The zero-order chi connectivity index (χ0) is 15.2. The Morgan fingerprint density at radius 2 is 1.91 bits per heavy atom. The summed E-state index contributed by atoms with van der Waals surface area (Å²) >= 11 is 1.72. The molecule has 2 aliphatic rings. The van der Waals surface area contributed by atoms with E-state index >= 15 is 0 Å². The molecular formula is C17H28ClN3OS. The first-order chi connectivity index (χ1) is 10.8. The molecule has 130 valence electrons. The van der Waals surface area contributed by atoms with Crippen LogP contribution in [0.3, 0.4) is 0 Å². The number of aryl methyl sites for hydroxylation is 2. The quantitative estimate of drug-likeness (QED) is 0.870. The normalized spacial score (nSPS) is 19.1. The number of piperazine rings is 1. The third kappa shape index (κ3) is 5.45. The van der Waals surface area contributed by atoms with E-state index in [-0.39, 0.29) is 18.3 Å². The zero-order valence-corrected chi connectivity index (χ0v) is 15.4. The van der Waals surface area contributed by atoms with Crippen molar-refractivity contribution in [3.8, 4) is 0 Å². The van der Waals surface area contributed by atoms with Crippen LogP contribution < -0.4 is 10.6 Å². The monoisotopic (exact) mass is 357 g/mol. The maximum Gasteiger partial charge on any atom is 0.261 e. The van der Waals surface area contributed by atoms with E-state index in [0.717, 1.165) is 57.0 Å². The average Bonchev–Trinajstić information content (AvgIpc) is 2.90. The largest absolute Gasteiger partial charge is 0.350 e. The summed E-state index contributed by atoms with van der Waals surface area (Å²) in [4.78, 5) is 17.1. The second kappa shape index (κ2) is 9.62. The van der Waals surface area contributed by atoms with Crippen molar-refractivity contribution in [1.29, 1.82) is 0 Å². The third-order valence-corrected chi connectivity index (χ3v) is 5.88. The number of hydrogen-bond donors (Lipinski definition) is 2. The number of nitrogens with zero attached hydrogens (tertiary/aromatic N) is 1. The number of halogens is 1. The van der Waals surface area contributed by atoms with E-state index in [1.165, 1.54) is 36.1 Å². The van der Waals surface area contributed by atoms with Crippen LogP contribution in [0.2, 0.25) is 0 Å². The number of carbonyl (C=O) groups excluding carboxylic acids is 1. The molecule has 1 amide bonds. The molecule has 0 bridgehead atoms. The summed E-state index contributed by atoms with van der Waals surface area (Å²) in [5, 5.41) is 6.45. The molecule has 2 heterocycles. The highest BCUT2D eigenvalue weighted by Gasteiger charge is 2.16. The standard InChI is InChI=1S/C17H27N3OS.ClH/c21-17(19-9-12-20-10-7-18-8-11-20)16-13-14-5-3-1-2-4-6-15(14)22-16;/h13,18H,1-12H2,(H,19,21);1H. The molecule has 1 aliphatic heterocycles. The fourth-order valence-corrected chi connectivity index (χ4v) is 4.48. The van der Waals surface area contributed by atoms with E-state index in [1.807, 2.05) is 0 Å². The smallest absolute Gasteiger partial charge is 0.261 e. The second-order valence-corrected chi connectivity index (χ2v) is 7.46. The lowest BCUT2D eigenvalue weighted by Crippen LogP contribution is -2.46. The molecule has 1 fully saturated rings. The van der Waals surface area contributed by atoms with Crippen LogP contribution >= 0.6 is 23.7 Å². The van der Waals surface area contributed by atoms with Crippen molar-refractivity contribution in [3.05, 3.63) is 21.4 Å². The van der Waals surface area contributed by atoms with Gasteiger partial charge >= 0.3 is 0 Å². The van der Waals surface area contributed by atoms with Gasteiger partial charge in [-0.3, -0.25) is 9.69 Å². The second-order valence-electron chi connectivity index (χ2n) is 6.32. The Bertz CT molecular complexity index is 475. The maximum atomic E-state index is 12.3. The Morgan fingerprint density at radius 3 is 2.70 bits per heavy atom. The van der Waals surface area contributed by atoms with E-state index in [1.54, 1.807) is 11.3 Å². The predicted octanol–water partition coefficient (Wildman–Crippen LogP) is 2.46. The van der Waals surface area contributed by atoms with Gasteiger partial charge in [0.15, 0.2) is 0 Å². The molecule has 6 heteroatoms. The van der Waals surface area contributed by atoms with Gasteiger partial charge in [-0.1, -0.05) is 12.8 Å². The maximum absolute atomic E-state index is 12.3. The van der Waals surface area contributed by atoms with Gasteiger partial charge in [-0.05, 0) is 37.3 Å². The van der Waals surface area contributed by atoms with E-state index in [2.05, 4.69) is 21.6 Å². The number of carbonyl (C=O) groups is 1. The number of rotatable bonds is 4.